The van der Waals surface area contributed by atoms with Crippen molar-refractivity contribution in [1.82, 2.24) is 0 Å². The van der Waals surface area contributed by atoms with Crippen molar-refractivity contribution < 1.29 is 14.3 Å². The summed E-state index contributed by atoms with van der Waals surface area (Å²) >= 11 is 0. The normalized spacial score (nSPS) is 13.0. The molecule has 5 heteroatoms. The van der Waals surface area contributed by atoms with E-state index >= 15 is 0 Å². The highest BCUT2D eigenvalue weighted by atomic mass is 16.5. The maximum absolute atomic E-state index is 12.1. The third-order valence-corrected chi connectivity index (χ3v) is 3.69. The van der Waals surface area contributed by atoms with Gasteiger partial charge in [0.05, 0.1) is 18.7 Å². The molecule has 3 rings (SSSR count). The first-order valence-corrected chi connectivity index (χ1v) is 7.52. The molecule has 0 radical (unpaired) electrons. The fourth-order valence-electron chi connectivity index (χ4n) is 2.61. The first kappa shape index (κ1) is 15.1. The third-order valence-electron chi connectivity index (χ3n) is 3.69. The van der Waals surface area contributed by atoms with Crippen LogP contribution in [0.1, 0.15) is 12.5 Å². The summed E-state index contributed by atoms with van der Waals surface area (Å²) in [5, 5.41) is 2.87. The second kappa shape index (κ2) is 6.52. The van der Waals surface area contributed by atoms with Crippen molar-refractivity contribution in [3.8, 4) is 5.75 Å². The van der Waals surface area contributed by atoms with Gasteiger partial charge in [-0.1, -0.05) is 30.3 Å². The predicted molar refractivity (Wildman–Crippen MR) is 88.7 cm³/mol. The molecule has 2 aromatic carbocycles. The molecule has 1 heterocycles. The smallest absolute Gasteiger partial charge is 0.228 e. The van der Waals surface area contributed by atoms with Gasteiger partial charge in [-0.15, -0.1) is 0 Å². The summed E-state index contributed by atoms with van der Waals surface area (Å²) in [6, 6.07) is 14.9. The van der Waals surface area contributed by atoms with Gasteiger partial charge in [0.25, 0.3) is 0 Å². The van der Waals surface area contributed by atoms with E-state index in [-0.39, 0.29) is 11.8 Å². The Bertz CT molecular complexity index is 728. The summed E-state index contributed by atoms with van der Waals surface area (Å²) in [7, 11) is 0. The molecular weight excluding hydrogens is 292 g/mol. The predicted octanol–water partition coefficient (Wildman–Crippen LogP) is 2.61. The number of amides is 2. The SMILES string of the molecule is CC(=O)N1CCOc2ccc(NC(=O)Cc3ccccc3)cc21. The highest BCUT2D eigenvalue weighted by Crippen LogP contribution is 2.34. The number of rotatable bonds is 3. The molecule has 0 bridgehead atoms. The molecule has 1 N–H and O–H groups in total. The molecule has 1 aliphatic heterocycles. The van der Waals surface area contributed by atoms with E-state index in [1.807, 2.05) is 30.3 Å². The van der Waals surface area contributed by atoms with Crippen LogP contribution in [0.15, 0.2) is 48.5 Å². The fourth-order valence-corrected chi connectivity index (χ4v) is 2.61. The molecule has 1 aliphatic rings. The van der Waals surface area contributed by atoms with Gasteiger partial charge in [-0.2, -0.15) is 0 Å². The molecule has 0 spiro atoms. The van der Waals surface area contributed by atoms with E-state index in [1.165, 1.54) is 6.92 Å². The summed E-state index contributed by atoms with van der Waals surface area (Å²) in [6.07, 6.45) is 0.310. The van der Waals surface area contributed by atoms with E-state index in [2.05, 4.69) is 5.32 Å². The molecule has 5 nitrogen and oxygen atoms in total. The molecule has 0 aromatic heterocycles. The minimum Gasteiger partial charge on any atom is -0.490 e. The van der Waals surface area contributed by atoms with Crippen LogP contribution in [0.25, 0.3) is 0 Å². The number of carbonyl (C=O) groups is 2. The number of carbonyl (C=O) groups excluding carboxylic acids is 2. The van der Waals surface area contributed by atoms with E-state index in [9.17, 15) is 9.59 Å². The van der Waals surface area contributed by atoms with E-state index in [1.54, 1.807) is 23.1 Å². The van der Waals surface area contributed by atoms with Crippen molar-refractivity contribution in [3.63, 3.8) is 0 Å². The summed E-state index contributed by atoms with van der Waals surface area (Å²) in [5.74, 6) is 0.525. The summed E-state index contributed by atoms with van der Waals surface area (Å²) in [6.45, 7) is 2.52. The molecule has 0 saturated heterocycles. The summed E-state index contributed by atoms with van der Waals surface area (Å²) in [4.78, 5) is 25.5. The van der Waals surface area contributed by atoms with E-state index in [4.69, 9.17) is 4.74 Å². The van der Waals surface area contributed by atoms with Gasteiger partial charge in [0.15, 0.2) is 0 Å². The minimum absolute atomic E-state index is 0.0395. The first-order chi connectivity index (χ1) is 11.1. The average Bonchev–Trinajstić information content (AvgIpc) is 2.55. The number of ether oxygens (including phenoxy) is 1. The van der Waals surface area contributed by atoms with Crippen LogP contribution in [0, 0.1) is 0 Å². The van der Waals surface area contributed by atoms with Crippen LogP contribution >= 0.6 is 0 Å². The van der Waals surface area contributed by atoms with Crippen molar-refractivity contribution in [1.29, 1.82) is 0 Å². The standard InChI is InChI=1S/C18H18N2O3/c1-13(21)20-9-10-23-17-8-7-15(12-16(17)20)19-18(22)11-14-5-3-2-4-6-14/h2-8,12H,9-11H2,1H3,(H,19,22). The molecule has 23 heavy (non-hydrogen) atoms. The lowest BCUT2D eigenvalue weighted by Gasteiger charge is -2.29. The molecule has 2 aromatic rings. The van der Waals surface area contributed by atoms with Gasteiger partial charge in [0.1, 0.15) is 12.4 Å². The number of nitrogens with zero attached hydrogens (tertiary/aromatic N) is 1. The van der Waals surface area contributed by atoms with Crippen molar-refractivity contribution in [3.05, 3.63) is 54.1 Å². The Kier molecular flexibility index (Phi) is 4.28. The topological polar surface area (TPSA) is 58.6 Å². The van der Waals surface area contributed by atoms with Crippen molar-refractivity contribution in [2.75, 3.05) is 23.4 Å². The zero-order valence-corrected chi connectivity index (χ0v) is 12.9. The van der Waals surface area contributed by atoms with Gasteiger partial charge in [0, 0.05) is 12.6 Å². The molecule has 0 aliphatic carbocycles. The van der Waals surface area contributed by atoms with Gasteiger partial charge in [-0.3, -0.25) is 9.59 Å². The van der Waals surface area contributed by atoms with Crippen molar-refractivity contribution >= 4 is 23.2 Å². The van der Waals surface area contributed by atoms with Gasteiger partial charge in [0.2, 0.25) is 11.8 Å². The number of benzene rings is 2. The lowest BCUT2D eigenvalue weighted by atomic mass is 10.1. The summed E-state index contributed by atoms with van der Waals surface area (Å²) in [5.41, 5.74) is 2.30. The molecule has 0 saturated carbocycles. The lowest BCUT2D eigenvalue weighted by Crippen LogP contribution is -2.36. The van der Waals surface area contributed by atoms with E-state index in [0.29, 0.717) is 36.7 Å². The highest BCUT2D eigenvalue weighted by Gasteiger charge is 2.21. The summed E-state index contributed by atoms with van der Waals surface area (Å²) < 4.78 is 5.55. The van der Waals surface area contributed by atoms with Crippen LogP contribution in [0.3, 0.4) is 0 Å². The molecule has 118 valence electrons. The van der Waals surface area contributed by atoms with Gasteiger partial charge >= 0.3 is 0 Å². The van der Waals surface area contributed by atoms with Crippen LogP contribution in [-0.4, -0.2) is 25.0 Å². The largest absolute Gasteiger partial charge is 0.490 e. The maximum Gasteiger partial charge on any atom is 0.228 e. The maximum atomic E-state index is 12.1. The van der Waals surface area contributed by atoms with Crippen LogP contribution in [0.5, 0.6) is 5.75 Å². The van der Waals surface area contributed by atoms with Crippen LogP contribution in [0.2, 0.25) is 0 Å². The third kappa shape index (κ3) is 3.51. The second-order valence-corrected chi connectivity index (χ2v) is 5.41. The van der Waals surface area contributed by atoms with Gasteiger partial charge < -0.3 is 15.0 Å². The Morgan fingerprint density at radius 2 is 1.96 bits per heavy atom. The Labute approximate surface area is 134 Å². The molecule has 0 fully saturated rings. The number of hydrogen-bond donors (Lipinski definition) is 1. The zero-order chi connectivity index (χ0) is 16.2. The molecule has 2 amide bonds. The average molecular weight is 310 g/mol. The van der Waals surface area contributed by atoms with E-state index < -0.39 is 0 Å². The number of nitrogens with one attached hydrogen (secondary N) is 1. The molecular formula is C18H18N2O3. The monoisotopic (exact) mass is 310 g/mol. The van der Waals surface area contributed by atoms with Gasteiger partial charge in [-0.05, 0) is 23.8 Å². The Morgan fingerprint density at radius 3 is 2.70 bits per heavy atom. The Morgan fingerprint density at radius 1 is 1.17 bits per heavy atom. The fraction of sp³-hybridized carbons (Fsp3) is 0.222. The van der Waals surface area contributed by atoms with Crippen molar-refractivity contribution in [2.45, 2.75) is 13.3 Å². The molecule has 0 atom stereocenters. The minimum atomic E-state index is -0.0951. The zero-order valence-electron chi connectivity index (χ0n) is 12.9. The number of anilines is 2. The first-order valence-electron chi connectivity index (χ1n) is 7.52. The van der Waals surface area contributed by atoms with Crippen molar-refractivity contribution in [2.24, 2.45) is 0 Å². The number of hydrogen-bond acceptors (Lipinski definition) is 3. The van der Waals surface area contributed by atoms with Crippen LogP contribution in [0.4, 0.5) is 11.4 Å². The Hall–Kier alpha value is -2.82. The lowest BCUT2D eigenvalue weighted by molar-refractivity contribution is -0.117. The molecule has 0 unspecified atom stereocenters. The quantitative estimate of drug-likeness (QED) is 0.948. The van der Waals surface area contributed by atoms with Gasteiger partial charge in [-0.25, -0.2) is 0 Å². The van der Waals surface area contributed by atoms with E-state index in [0.717, 1.165) is 5.56 Å². The highest BCUT2D eigenvalue weighted by molar-refractivity contribution is 5.97. The number of fused-ring (bicyclic) bond motifs is 1. The van der Waals surface area contributed by atoms with Crippen LogP contribution < -0.4 is 15.0 Å². The van der Waals surface area contributed by atoms with Crippen LogP contribution in [-0.2, 0) is 16.0 Å². The second-order valence-electron chi connectivity index (χ2n) is 5.41. The Balaban J connectivity index is 1.75.